The predicted octanol–water partition coefficient (Wildman–Crippen LogP) is 4.44. The van der Waals surface area contributed by atoms with Crippen molar-refractivity contribution in [2.24, 2.45) is 12.0 Å². The van der Waals surface area contributed by atoms with Crippen LogP contribution in [0.5, 0.6) is 5.75 Å². The van der Waals surface area contributed by atoms with E-state index in [0.717, 1.165) is 27.9 Å². The minimum atomic E-state index is -0.0581. The Morgan fingerprint density at radius 1 is 1.10 bits per heavy atom. The van der Waals surface area contributed by atoms with Crippen molar-refractivity contribution in [2.45, 2.75) is 0 Å². The number of aliphatic imine (C=N–C) groups is 1. The molecule has 0 aliphatic carbocycles. The molecule has 0 radical (unpaired) electrons. The van der Waals surface area contributed by atoms with Gasteiger partial charge in [0.1, 0.15) is 5.75 Å². The Morgan fingerprint density at radius 3 is 2.60 bits per heavy atom. The number of benzene rings is 2. The summed E-state index contributed by atoms with van der Waals surface area (Å²) in [4.78, 5) is 20.2. The molecule has 30 heavy (non-hydrogen) atoms. The first-order valence-electron chi connectivity index (χ1n) is 9.58. The summed E-state index contributed by atoms with van der Waals surface area (Å²) in [7, 11) is 5.26. The molecule has 3 aromatic rings. The second-order valence-electron chi connectivity index (χ2n) is 6.87. The molecule has 1 fully saturated rings. The van der Waals surface area contributed by atoms with Crippen LogP contribution in [0.4, 0.5) is 5.69 Å². The highest BCUT2D eigenvalue weighted by atomic mass is 32.2. The number of methoxy groups -OCH3 is 2. The molecule has 0 saturated carbocycles. The maximum atomic E-state index is 13.1. The van der Waals surface area contributed by atoms with Gasteiger partial charge in [-0.15, -0.1) is 0 Å². The summed E-state index contributed by atoms with van der Waals surface area (Å²) in [5, 5.41) is 1.76. The van der Waals surface area contributed by atoms with Crippen LogP contribution < -0.4 is 4.74 Å². The summed E-state index contributed by atoms with van der Waals surface area (Å²) in [5.74, 6) is 0.708. The van der Waals surface area contributed by atoms with Crippen molar-refractivity contribution in [3.05, 3.63) is 65.2 Å². The number of para-hydroxylation sites is 1. The molecule has 2 heterocycles. The Morgan fingerprint density at radius 2 is 1.87 bits per heavy atom. The van der Waals surface area contributed by atoms with Gasteiger partial charge in [0.25, 0.3) is 5.91 Å². The van der Waals surface area contributed by atoms with E-state index in [4.69, 9.17) is 14.5 Å². The highest BCUT2D eigenvalue weighted by Crippen LogP contribution is 2.35. The van der Waals surface area contributed by atoms with E-state index in [-0.39, 0.29) is 5.91 Å². The second kappa shape index (κ2) is 8.77. The van der Waals surface area contributed by atoms with Crippen molar-refractivity contribution in [3.8, 4) is 5.75 Å². The Bertz CT molecular complexity index is 1130. The predicted molar refractivity (Wildman–Crippen MR) is 122 cm³/mol. The fourth-order valence-electron chi connectivity index (χ4n) is 3.37. The zero-order valence-corrected chi connectivity index (χ0v) is 18.0. The molecule has 0 unspecified atom stereocenters. The van der Waals surface area contributed by atoms with E-state index < -0.39 is 0 Å². The van der Waals surface area contributed by atoms with Crippen LogP contribution in [0.25, 0.3) is 17.0 Å². The molecule has 0 atom stereocenters. The van der Waals surface area contributed by atoms with Gasteiger partial charge in [-0.1, -0.05) is 18.2 Å². The van der Waals surface area contributed by atoms with Crippen LogP contribution in [0.1, 0.15) is 5.56 Å². The van der Waals surface area contributed by atoms with Crippen LogP contribution in [0.3, 0.4) is 0 Å². The standard InChI is InChI=1S/C23H23N3O3S/c1-25-15-16(19-6-4-5-7-20(19)25)14-21-22(27)26(12-13-28-2)23(30-21)24-17-8-10-18(29-3)11-9-17/h4-11,14-15H,12-13H2,1-3H3/b21-14-,24-23?. The Labute approximate surface area is 179 Å². The van der Waals surface area contributed by atoms with Crippen molar-refractivity contribution in [2.75, 3.05) is 27.4 Å². The third-order valence-electron chi connectivity index (χ3n) is 4.92. The van der Waals surface area contributed by atoms with Crippen molar-refractivity contribution in [1.29, 1.82) is 0 Å². The van der Waals surface area contributed by atoms with Gasteiger partial charge in [0, 0.05) is 36.8 Å². The zero-order chi connectivity index (χ0) is 21.1. The van der Waals surface area contributed by atoms with E-state index in [1.54, 1.807) is 19.1 Å². The number of rotatable bonds is 6. The Balaban J connectivity index is 1.70. The lowest BCUT2D eigenvalue weighted by atomic mass is 10.1. The largest absolute Gasteiger partial charge is 0.497 e. The second-order valence-corrected chi connectivity index (χ2v) is 7.87. The molecule has 1 amide bonds. The summed E-state index contributed by atoms with van der Waals surface area (Å²) in [6, 6.07) is 15.6. The van der Waals surface area contributed by atoms with Crippen molar-refractivity contribution >= 4 is 45.5 Å². The minimum absolute atomic E-state index is 0.0581. The molecule has 0 N–H and O–H groups in total. The van der Waals surface area contributed by atoms with Gasteiger partial charge in [-0.2, -0.15) is 0 Å². The molecule has 1 aliphatic rings. The van der Waals surface area contributed by atoms with E-state index >= 15 is 0 Å². The molecule has 2 aromatic carbocycles. The first-order valence-corrected chi connectivity index (χ1v) is 10.4. The maximum Gasteiger partial charge on any atom is 0.266 e. The first kappa shape index (κ1) is 20.3. The molecule has 0 spiro atoms. The van der Waals surface area contributed by atoms with Crippen LogP contribution in [0.15, 0.2) is 64.6 Å². The van der Waals surface area contributed by atoms with Gasteiger partial charge in [-0.3, -0.25) is 9.69 Å². The van der Waals surface area contributed by atoms with Crippen LogP contribution in [-0.4, -0.2) is 47.9 Å². The molecule has 0 bridgehead atoms. The SMILES string of the molecule is COCCN1C(=O)/C(=C/c2cn(C)c3ccccc23)SC1=Nc1ccc(OC)cc1. The Kier molecular flexibility index (Phi) is 5.92. The molecular formula is C23H23N3O3S. The van der Waals surface area contributed by atoms with Gasteiger partial charge in [-0.05, 0) is 48.2 Å². The van der Waals surface area contributed by atoms with Gasteiger partial charge in [-0.25, -0.2) is 4.99 Å². The molecule has 4 rings (SSSR count). The topological polar surface area (TPSA) is 56.1 Å². The lowest BCUT2D eigenvalue weighted by Gasteiger charge is -2.14. The summed E-state index contributed by atoms with van der Waals surface area (Å²) in [6.07, 6.45) is 4.00. The summed E-state index contributed by atoms with van der Waals surface area (Å²) in [6.45, 7) is 0.889. The fraction of sp³-hybridized carbons (Fsp3) is 0.217. The minimum Gasteiger partial charge on any atom is -0.497 e. The number of hydrogen-bond acceptors (Lipinski definition) is 5. The van der Waals surface area contributed by atoms with Gasteiger partial charge >= 0.3 is 0 Å². The van der Waals surface area contributed by atoms with E-state index in [1.165, 1.54) is 11.8 Å². The van der Waals surface area contributed by atoms with Gasteiger partial charge < -0.3 is 14.0 Å². The number of carbonyl (C=O) groups excluding carboxylic acids is 1. The number of hydrogen-bond donors (Lipinski definition) is 0. The van der Waals surface area contributed by atoms with Crippen LogP contribution >= 0.6 is 11.8 Å². The number of amides is 1. The normalized spacial score (nSPS) is 16.9. The summed E-state index contributed by atoms with van der Waals surface area (Å²) in [5.41, 5.74) is 2.91. The van der Waals surface area contributed by atoms with Crippen molar-refractivity contribution < 1.29 is 14.3 Å². The van der Waals surface area contributed by atoms with Gasteiger partial charge in [0.15, 0.2) is 5.17 Å². The van der Waals surface area contributed by atoms with Crippen molar-refractivity contribution in [1.82, 2.24) is 9.47 Å². The Hall–Kier alpha value is -3.03. The number of carbonyl (C=O) groups is 1. The third kappa shape index (κ3) is 3.99. The number of fused-ring (bicyclic) bond motifs is 1. The first-order chi connectivity index (χ1) is 14.6. The molecule has 7 heteroatoms. The van der Waals surface area contributed by atoms with Crippen molar-refractivity contribution in [3.63, 3.8) is 0 Å². The monoisotopic (exact) mass is 421 g/mol. The smallest absolute Gasteiger partial charge is 0.266 e. The molecular weight excluding hydrogens is 398 g/mol. The van der Waals surface area contributed by atoms with Gasteiger partial charge in [0.05, 0.1) is 30.9 Å². The quantitative estimate of drug-likeness (QED) is 0.552. The summed E-state index contributed by atoms with van der Waals surface area (Å²) >= 11 is 1.39. The maximum absolute atomic E-state index is 13.1. The van der Waals surface area contributed by atoms with Gasteiger partial charge in [0.2, 0.25) is 0 Å². The number of amidine groups is 1. The van der Waals surface area contributed by atoms with E-state index in [9.17, 15) is 4.79 Å². The number of ether oxygens (including phenoxy) is 2. The molecule has 6 nitrogen and oxygen atoms in total. The highest BCUT2D eigenvalue weighted by molar-refractivity contribution is 8.18. The lowest BCUT2D eigenvalue weighted by molar-refractivity contribution is -0.122. The highest BCUT2D eigenvalue weighted by Gasteiger charge is 2.33. The number of nitrogens with zero attached hydrogens (tertiary/aromatic N) is 3. The fourth-order valence-corrected chi connectivity index (χ4v) is 4.38. The van der Waals surface area contributed by atoms with E-state index in [0.29, 0.717) is 23.2 Å². The van der Waals surface area contributed by atoms with Crippen LogP contribution in [0, 0.1) is 0 Å². The lowest BCUT2D eigenvalue weighted by Crippen LogP contribution is -2.32. The van der Waals surface area contributed by atoms with E-state index in [1.807, 2.05) is 55.7 Å². The average molecular weight is 422 g/mol. The molecule has 1 aromatic heterocycles. The molecule has 1 aliphatic heterocycles. The number of aryl methyl sites for hydroxylation is 1. The van der Waals surface area contributed by atoms with E-state index in [2.05, 4.69) is 16.7 Å². The average Bonchev–Trinajstić information content (AvgIpc) is 3.24. The molecule has 1 saturated heterocycles. The van der Waals surface area contributed by atoms with Crippen LogP contribution in [0.2, 0.25) is 0 Å². The number of thioether (sulfide) groups is 1. The molecule has 154 valence electrons. The summed E-state index contributed by atoms with van der Waals surface area (Å²) < 4.78 is 12.5. The van der Waals surface area contributed by atoms with Crippen LogP contribution in [-0.2, 0) is 16.6 Å². The zero-order valence-electron chi connectivity index (χ0n) is 17.2. The third-order valence-corrected chi connectivity index (χ3v) is 5.93. The number of aromatic nitrogens is 1.